The van der Waals surface area contributed by atoms with E-state index in [0.29, 0.717) is 22.5 Å². The highest BCUT2D eigenvalue weighted by Crippen LogP contribution is 2.22. The average Bonchev–Trinajstić information content (AvgIpc) is 2.51. The minimum Gasteiger partial charge on any atom is -0.508 e. The Morgan fingerprint density at radius 1 is 1.14 bits per heavy atom. The molecule has 0 aliphatic carbocycles. The van der Waals surface area contributed by atoms with E-state index in [1.54, 1.807) is 56.6 Å². The van der Waals surface area contributed by atoms with Crippen molar-refractivity contribution in [2.45, 2.75) is 0 Å². The van der Waals surface area contributed by atoms with Crippen LogP contribution in [0.5, 0.6) is 11.5 Å². The summed E-state index contributed by atoms with van der Waals surface area (Å²) in [5.74, 6) is 1.35. The Morgan fingerprint density at radius 3 is 2.52 bits per heavy atom. The van der Waals surface area contributed by atoms with Crippen LogP contribution in [0.3, 0.4) is 0 Å². The summed E-state index contributed by atoms with van der Waals surface area (Å²) in [5.41, 5.74) is 1.24. The Hall–Kier alpha value is -2.82. The molecule has 0 atom stereocenters. The van der Waals surface area contributed by atoms with Crippen molar-refractivity contribution in [1.29, 1.82) is 0 Å². The number of fused-ring (bicyclic) bond motifs is 1. The van der Waals surface area contributed by atoms with Crippen molar-refractivity contribution in [2.24, 2.45) is 7.05 Å². The van der Waals surface area contributed by atoms with Crippen LogP contribution in [0.15, 0.2) is 47.3 Å². The molecule has 1 N–H and O–H groups in total. The van der Waals surface area contributed by atoms with Gasteiger partial charge in [0.05, 0.1) is 18.0 Å². The molecule has 0 bridgehead atoms. The number of methoxy groups -OCH3 is 1. The Kier molecular flexibility index (Phi) is 3.10. The fraction of sp³-hybridized carbons (Fsp3) is 0.125. The van der Waals surface area contributed by atoms with Gasteiger partial charge in [0.2, 0.25) is 0 Å². The molecular weight excluding hydrogens is 268 g/mol. The molecule has 3 aromatic rings. The summed E-state index contributed by atoms with van der Waals surface area (Å²) in [7, 11) is 3.24. The van der Waals surface area contributed by atoms with E-state index in [4.69, 9.17) is 4.74 Å². The maximum atomic E-state index is 12.5. The summed E-state index contributed by atoms with van der Waals surface area (Å²) in [5, 5.41) is 9.87. The van der Waals surface area contributed by atoms with Crippen LogP contribution < -0.4 is 10.3 Å². The first kappa shape index (κ1) is 13.2. The Labute approximate surface area is 121 Å². The predicted molar refractivity (Wildman–Crippen MR) is 80.6 cm³/mol. The van der Waals surface area contributed by atoms with Crippen molar-refractivity contribution in [1.82, 2.24) is 9.55 Å². The number of phenolic OH excluding ortho intramolecular Hbond substituents is 1. The first-order valence-electron chi connectivity index (χ1n) is 6.44. The van der Waals surface area contributed by atoms with Gasteiger partial charge >= 0.3 is 0 Å². The zero-order valence-electron chi connectivity index (χ0n) is 11.7. The molecule has 2 aromatic carbocycles. The third-order valence-corrected chi connectivity index (χ3v) is 3.41. The highest BCUT2D eigenvalue weighted by molar-refractivity contribution is 5.81. The number of hydrogen-bond donors (Lipinski definition) is 1. The van der Waals surface area contributed by atoms with Gasteiger partial charge in [-0.15, -0.1) is 0 Å². The minimum absolute atomic E-state index is 0.137. The van der Waals surface area contributed by atoms with Crippen molar-refractivity contribution in [3.8, 4) is 22.9 Å². The monoisotopic (exact) mass is 282 g/mol. The van der Waals surface area contributed by atoms with E-state index in [9.17, 15) is 9.90 Å². The lowest BCUT2D eigenvalue weighted by molar-refractivity contribution is 0.415. The van der Waals surface area contributed by atoms with E-state index >= 15 is 0 Å². The van der Waals surface area contributed by atoms with E-state index in [2.05, 4.69) is 4.98 Å². The summed E-state index contributed by atoms with van der Waals surface area (Å²) >= 11 is 0. The van der Waals surface area contributed by atoms with Crippen LogP contribution in [0.2, 0.25) is 0 Å². The largest absolute Gasteiger partial charge is 0.508 e. The molecule has 5 nitrogen and oxygen atoms in total. The highest BCUT2D eigenvalue weighted by atomic mass is 16.5. The molecule has 0 amide bonds. The SMILES string of the molecule is COc1ccc2nc(-c3ccc(O)cc3)n(C)c(=O)c2c1. The Bertz CT molecular complexity index is 867. The second-order valence-corrected chi connectivity index (χ2v) is 4.73. The number of aromatic nitrogens is 2. The molecule has 0 spiro atoms. The molecule has 1 aromatic heterocycles. The van der Waals surface area contributed by atoms with Gasteiger partial charge in [-0.2, -0.15) is 0 Å². The summed E-state index contributed by atoms with van der Waals surface area (Å²) in [6.45, 7) is 0. The van der Waals surface area contributed by atoms with Gasteiger partial charge < -0.3 is 9.84 Å². The van der Waals surface area contributed by atoms with E-state index < -0.39 is 0 Å². The van der Waals surface area contributed by atoms with Crippen LogP contribution in [0.1, 0.15) is 0 Å². The maximum absolute atomic E-state index is 12.5. The summed E-state index contributed by atoms with van der Waals surface area (Å²) in [6.07, 6.45) is 0. The molecule has 1 heterocycles. The molecule has 0 aliphatic rings. The lowest BCUT2D eigenvalue weighted by Crippen LogP contribution is -2.20. The number of rotatable bonds is 2. The fourth-order valence-corrected chi connectivity index (χ4v) is 2.25. The van der Waals surface area contributed by atoms with E-state index in [0.717, 1.165) is 5.56 Å². The molecule has 3 rings (SSSR count). The van der Waals surface area contributed by atoms with Gasteiger partial charge in [-0.05, 0) is 42.5 Å². The van der Waals surface area contributed by atoms with Gasteiger partial charge in [-0.25, -0.2) is 4.98 Å². The number of benzene rings is 2. The lowest BCUT2D eigenvalue weighted by Gasteiger charge is -2.10. The molecule has 0 radical (unpaired) electrons. The quantitative estimate of drug-likeness (QED) is 0.783. The number of nitrogens with zero attached hydrogens (tertiary/aromatic N) is 2. The van der Waals surface area contributed by atoms with Crippen LogP contribution in [-0.2, 0) is 7.05 Å². The van der Waals surface area contributed by atoms with Crippen LogP contribution >= 0.6 is 0 Å². The third-order valence-electron chi connectivity index (χ3n) is 3.41. The summed E-state index contributed by atoms with van der Waals surface area (Å²) < 4.78 is 6.64. The minimum atomic E-state index is -0.137. The molecule has 0 unspecified atom stereocenters. The smallest absolute Gasteiger partial charge is 0.261 e. The van der Waals surface area contributed by atoms with Crippen molar-refractivity contribution in [3.05, 3.63) is 52.8 Å². The van der Waals surface area contributed by atoms with Gasteiger partial charge in [0.25, 0.3) is 5.56 Å². The summed E-state index contributed by atoms with van der Waals surface area (Å²) in [4.78, 5) is 17.0. The molecule has 5 heteroatoms. The number of aromatic hydroxyl groups is 1. The number of ether oxygens (including phenoxy) is 1. The molecule has 0 saturated heterocycles. The first-order chi connectivity index (χ1) is 10.1. The van der Waals surface area contributed by atoms with Crippen LogP contribution in [0, 0.1) is 0 Å². The van der Waals surface area contributed by atoms with Gasteiger partial charge in [0.1, 0.15) is 17.3 Å². The molecule has 21 heavy (non-hydrogen) atoms. The molecule has 106 valence electrons. The maximum Gasteiger partial charge on any atom is 0.261 e. The zero-order chi connectivity index (χ0) is 15.0. The van der Waals surface area contributed by atoms with Gasteiger partial charge in [0, 0.05) is 12.6 Å². The lowest BCUT2D eigenvalue weighted by atomic mass is 10.1. The van der Waals surface area contributed by atoms with Crippen molar-refractivity contribution >= 4 is 10.9 Å². The topological polar surface area (TPSA) is 64.3 Å². The molecule has 0 saturated carbocycles. The van der Waals surface area contributed by atoms with E-state index in [-0.39, 0.29) is 11.3 Å². The van der Waals surface area contributed by atoms with Crippen molar-refractivity contribution in [3.63, 3.8) is 0 Å². The molecule has 0 aliphatic heterocycles. The van der Waals surface area contributed by atoms with Crippen LogP contribution in [0.4, 0.5) is 0 Å². The number of hydrogen-bond acceptors (Lipinski definition) is 4. The van der Waals surface area contributed by atoms with Crippen molar-refractivity contribution in [2.75, 3.05) is 7.11 Å². The normalized spacial score (nSPS) is 10.8. The van der Waals surface area contributed by atoms with E-state index in [1.165, 1.54) is 4.57 Å². The van der Waals surface area contributed by atoms with Crippen molar-refractivity contribution < 1.29 is 9.84 Å². The Morgan fingerprint density at radius 2 is 1.86 bits per heavy atom. The average molecular weight is 282 g/mol. The second-order valence-electron chi connectivity index (χ2n) is 4.73. The standard InChI is InChI=1S/C16H14N2O3/c1-18-15(10-3-5-11(19)6-4-10)17-14-8-7-12(21-2)9-13(14)16(18)20/h3-9,19H,1-2H3. The zero-order valence-corrected chi connectivity index (χ0v) is 11.7. The van der Waals surface area contributed by atoms with Gasteiger partial charge in [-0.3, -0.25) is 9.36 Å². The Balaban J connectivity index is 2.28. The first-order valence-corrected chi connectivity index (χ1v) is 6.44. The van der Waals surface area contributed by atoms with Gasteiger partial charge in [0.15, 0.2) is 0 Å². The number of phenols is 1. The van der Waals surface area contributed by atoms with E-state index in [1.807, 2.05) is 0 Å². The van der Waals surface area contributed by atoms with Crippen LogP contribution in [-0.4, -0.2) is 21.8 Å². The van der Waals surface area contributed by atoms with Gasteiger partial charge in [-0.1, -0.05) is 0 Å². The predicted octanol–water partition coefficient (Wildman–Crippen LogP) is 2.31. The molecule has 0 fully saturated rings. The summed E-state index contributed by atoms with van der Waals surface area (Å²) in [6, 6.07) is 11.8. The molecular formula is C16H14N2O3. The third kappa shape index (κ3) is 2.23. The second kappa shape index (κ2) is 4.94. The van der Waals surface area contributed by atoms with Crippen LogP contribution in [0.25, 0.3) is 22.3 Å². The fourth-order valence-electron chi connectivity index (χ4n) is 2.25. The highest BCUT2D eigenvalue weighted by Gasteiger charge is 2.10.